The molecule has 0 radical (unpaired) electrons. The topological polar surface area (TPSA) is 39.7 Å². The molecule has 0 aromatic heterocycles. The quantitative estimate of drug-likeness (QED) is 0.256. The third kappa shape index (κ3) is 6.44. The number of rotatable bonds is 10. The first-order valence-corrected chi connectivity index (χ1v) is 13.0. The minimum Gasteiger partial charge on any atom is -0.485 e. The summed E-state index contributed by atoms with van der Waals surface area (Å²) >= 11 is 3.30. The molecule has 4 rings (SSSR count). The van der Waals surface area contributed by atoms with Crippen LogP contribution < -0.4 is 10.1 Å². The van der Waals surface area contributed by atoms with Gasteiger partial charge in [-0.15, -0.1) is 0 Å². The molecule has 0 aliphatic carbocycles. The highest BCUT2D eigenvalue weighted by Crippen LogP contribution is 2.44. The van der Waals surface area contributed by atoms with Gasteiger partial charge < -0.3 is 19.5 Å². The summed E-state index contributed by atoms with van der Waals surface area (Å²) in [5.74, 6) is 0.140. The van der Waals surface area contributed by atoms with Crippen LogP contribution in [0.5, 0.6) is 5.75 Å². The summed E-state index contributed by atoms with van der Waals surface area (Å²) in [6.45, 7) is 7.19. The molecule has 36 heavy (non-hydrogen) atoms. The lowest BCUT2D eigenvalue weighted by Crippen LogP contribution is -2.51. The summed E-state index contributed by atoms with van der Waals surface area (Å²) in [6, 6.07) is 17.3. The Kier molecular flexibility index (Phi) is 8.65. The third-order valence-corrected chi connectivity index (χ3v) is 6.76. The number of anilines is 1. The van der Waals surface area contributed by atoms with Gasteiger partial charge in [-0.2, -0.15) is 0 Å². The summed E-state index contributed by atoms with van der Waals surface area (Å²) in [5.41, 5.74) is 2.35. The number of unbranched alkanes of at least 4 members (excludes halogenated alkanes) is 1. The first-order valence-electron chi connectivity index (χ1n) is 12.2. The molecule has 0 fully saturated rings. The molecule has 0 saturated carbocycles. The Bertz CT molecular complexity index is 1190. The molecule has 1 heterocycles. The normalized spacial score (nSPS) is 18.4. The fourth-order valence-corrected chi connectivity index (χ4v) is 4.67. The fraction of sp³-hybridized carbons (Fsp3) is 0.379. The maximum atomic E-state index is 14.5. The van der Waals surface area contributed by atoms with Crippen LogP contribution in [0.3, 0.4) is 0 Å². The molecule has 4 nitrogen and oxygen atoms in total. The molecule has 7 heteroatoms. The SMILES string of the molecule is CCCCOC1c2cc(NCc3cccc(F)c3)ccc2OC(C)(C)C1OCc1ccc(Br)cc1F. The number of hydrogen-bond acceptors (Lipinski definition) is 4. The zero-order valence-corrected chi connectivity index (χ0v) is 22.4. The second-order valence-electron chi connectivity index (χ2n) is 9.55. The van der Waals surface area contributed by atoms with E-state index in [1.54, 1.807) is 18.2 Å². The third-order valence-electron chi connectivity index (χ3n) is 6.26. The number of hydrogen-bond donors (Lipinski definition) is 1. The van der Waals surface area contributed by atoms with Crippen molar-refractivity contribution in [1.29, 1.82) is 0 Å². The fourth-order valence-electron chi connectivity index (χ4n) is 4.33. The molecular formula is C29H32BrF2NO3. The van der Waals surface area contributed by atoms with E-state index >= 15 is 0 Å². The number of halogens is 3. The monoisotopic (exact) mass is 559 g/mol. The summed E-state index contributed by atoms with van der Waals surface area (Å²) < 4.78 is 47.8. The Morgan fingerprint density at radius 1 is 1.03 bits per heavy atom. The molecule has 192 valence electrons. The summed E-state index contributed by atoms with van der Waals surface area (Å²) in [6.07, 6.45) is 1.05. The number of ether oxygens (including phenoxy) is 3. The maximum absolute atomic E-state index is 14.5. The van der Waals surface area contributed by atoms with Crippen molar-refractivity contribution in [3.05, 3.63) is 93.5 Å². The van der Waals surface area contributed by atoms with Crippen molar-refractivity contribution in [2.75, 3.05) is 11.9 Å². The van der Waals surface area contributed by atoms with Gasteiger partial charge in [0.25, 0.3) is 0 Å². The Morgan fingerprint density at radius 3 is 2.61 bits per heavy atom. The van der Waals surface area contributed by atoms with Crippen molar-refractivity contribution < 1.29 is 23.0 Å². The van der Waals surface area contributed by atoms with Crippen LogP contribution in [0.4, 0.5) is 14.5 Å². The average molecular weight is 560 g/mol. The molecule has 3 aromatic carbocycles. The predicted octanol–water partition coefficient (Wildman–Crippen LogP) is 7.95. The van der Waals surface area contributed by atoms with E-state index in [2.05, 4.69) is 28.2 Å². The van der Waals surface area contributed by atoms with Gasteiger partial charge in [-0.25, -0.2) is 8.78 Å². The molecule has 0 saturated heterocycles. The van der Waals surface area contributed by atoms with Gasteiger partial charge in [-0.3, -0.25) is 0 Å². The average Bonchev–Trinajstić information content (AvgIpc) is 2.83. The lowest BCUT2D eigenvalue weighted by Gasteiger charge is -2.44. The van der Waals surface area contributed by atoms with Crippen molar-refractivity contribution in [3.8, 4) is 5.75 Å². The van der Waals surface area contributed by atoms with Gasteiger partial charge in [0.05, 0.1) is 6.61 Å². The van der Waals surface area contributed by atoms with Crippen LogP contribution in [0.25, 0.3) is 0 Å². The highest BCUT2D eigenvalue weighted by Gasteiger charge is 2.45. The lowest BCUT2D eigenvalue weighted by atomic mass is 9.87. The molecule has 2 atom stereocenters. The van der Waals surface area contributed by atoms with Crippen molar-refractivity contribution in [2.45, 2.75) is 64.6 Å². The van der Waals surface area contributed by atoms with Crippen LogP contribution in [0.15, 0.2) is 65.1 Å². The smallest absolute Gasteiger partial charge is 0.132 e. The Hall–Kier alpha value is -2.48. The summed E-state index contributed by atoms with van der Waals surface area (Å²) in [7, 11) is 0. The van der Waals surface area contributed by atoms with Crippen molar-refractivity contribution in [3.63, 3.8) is 0 Å². The Labute approximate surface area is 220 Å². The minimum atomic E-state index is -0.702. The molecule has 1 N–H and O–H groups in total. The summed E-state index contributed by atoms with van der Waals surface area (Å²) in [4.78, 5) is 0. The summed E-state index contributed by atoms with van der Waals surface area (Å²) in [5, 5.41) is 3.36. The molecule has 0 bridgehead atoms. The van der Waals surface area contributed by atoms with Gasteiger partial charge in [-0.05, 0) is 68.3 Å². The van der Waals surface area contributed by atoms with Gasteiger partial charge >= 0.3 is 0 Å². The zero-order chi connectivity index (χ0) is 25.7. The first kappa shape index (κ1) is 26.6. The Balaban J connectivity index is 1.58. The number of benzene rings is 3. The zero-order valence-electron chi connectivity index (χ0n) is 20.8. The number of nitrogens with one attached hydrogen (secondary N) is 1. The van der Waals surface area contributed by atoms with E-state index in [9.17, 15) is 8.78 Å². The van der Waals surface area contributed by atoms with E-state index in [0.717, 1.165) is 35.4 Å². The van der Waals surface area contributed by atoms with Gasteiger partial charge in [0, 0.05) is 34.4 Å². The van der Waals surface area contributed by atoms with Crippen LogP contribution >= 0.6 is 15.9 Å². The van der Waals surface area contributed by atoms with Crippen LogP contribution in [0.1, 0.15) is 56.4 Å². The molecule has 1 aliphatic rings. The molecule has 2 unspecified atom stereocenters. The lowest BCUT2D eigenvalue weighted by molar-refractivity contribution is -0.167. The van der Waals surface area contributed by atoms with Gasteiger partial charge in [-0.1, -0.05) is 47.5 Å². The van der Waals surface area contributed by atoms with Crippen molar-refractivity contribution >= 4 is 21.6 Å². The van der Waals surface area contributed by atoms with Crippen LogP contribution in [0.2, 0.25) is 0 Å². The van der Waals surface area contributed by atoms with Crippen LogP contribution in [-0.4, -0.2) is 18.3 Å². The van der Waals surface area contributed by atoms with Gasteiger partial charge in [0.1, 0.15) is 35.2 Å². The van der Waals surface area contributed by atoms with Crippen LogP contribution in [-0.2, 0) is 22.6 Å². The predicted molar refractivity (Wildman–Crippen MR) is 141 cm³/mol. The number of fused-ring (bicyclic) bond motifs is 1. The van der Waals surface area contributed by atoms with E-state index in [1.807, 2.05) is 38.1 Å². The van der Waals surface area contributed by atoms with E-state index in [-0.39, 0.29) is 18.2 Å². The minimum absolute atomic E-state index is 0.0943. The molecule has 3 aromatic rings. The van der Waals surface area contributed by atoms with Crippen molar-refractivity contribution in [1.82, 2.24) is 0 Å². The Morgan fingerprint density at radius 2 is 1.86 bits per heavy atom. The second kappa shape index (κ2) is 11.7. The van der Waals surface area contributed by atoms with E-state index < -0.39 is 17.8 Å². The molecule has 0 spiro atoms. The maximum Gasteiger partial charge on any atom is 0.132 e. The van der Waals surface area contributed by atoms with Crippen molar-refractivity contribution in [2.24, 2.45) is 0 Å². The van der Waals surface area contributed by atoms with E-state index in [0.29, 0.717) is 23.2 Å². The molecule has 0 amide bonds. The van der Waals surface area contributed by atoms with Gasteiger partial charge in [0.15, 0.2) is 0 Å². The van der Waals surface area contributed by atoms with E-state index in [1.165, 1.54) is 18.2 Å². The largest absolute Gasteiger partial charge is 0.485 e. The second-order valence-corrected chi connectivity index (χ2v) is 10.5. The van der Waals surface area contributed by atoms with Crippen LogP contribution in [0, 0.1) is 11.6 Å². The molecule has 1 aliphatic heterocycles. The highest BCUT2D eigenvalue weighted by atomic mass is 79.9. The standard InChI is InChI=1S/C29H32BrF2NO3/c1-4-5-13-34-27-24-16-23(33-17-19-7-6-8-22(31)14-19)11-12-26(24)36-29(2,3)28(27)35-18-20-9-10-21(30)15-25(20)32/h6-12,14-16,27-28,33H,4-5,13,17-18H2,1-3H3. The molecular weight excluding hydrogens is 528 g/mol. The van der Waals surface area contributed by atoms with E-state index in [4.69, 9.17) is 14.2 Å². The first-order chi connectivity index (χ1) is 17.3. The van der Waals surface area contributed by atoms with Gasteiger partial charge in [0.2, 0.25) is 0 Å². The highest BCUT2D eigenvalue weighted by molar-refractivity contribution is 9.10.